The van der Waals surface area contributed by atoms with Crippen molar-refractivity contribution in [2.75, 3.05) is 31.1 Å². The van der Waals surface area contributed by atoms with Gasteiger partial charge in [-0.15, -0.1) is 0 Å². The zero-order valence-corrected chi connectivity index (χ0v) is 19.1. The molecule has 2 aromatic carbocycles. The first-order valence-electron chi connectivity index (χ1n) is 10.2. The van der Waals surface area contributed by atoms with Crippen LogP contribution >= 0.6 is 23.2 Å². The van der Waals surface area contributed by atoms with Crippen molar-refractivity contribution in [1.29, 1.82) is 0 Å². The molecule has 162 valence electrons. The Bertz CT molecular complexity index is 1050. The number of rotatable bonds is 3. The minimum atomic E-state index is -0.905. The molecule has 1 saturated heterocycles. The molecule has 0 aliphatic carbocycles. The predicted molar refractivity (Wildman–Crippen MR) is 121 cm³/mol. The summed E-state index contributed by atoms with van der Waals surface area (Å²) in [6, 6.07) is 8.09. The third-order valence-electron chi connectivity index (χ3n) is 6.21. The first-order chi connectivity index (χ1) is 14.7. The van der Waals surface area contributed by atoms with E-state index in [-0.39, 0.29) is 27.1 Å². The van der Waals surface area contributed by atoms with E-state index in [1.165, 1.54) is 28.9 Å². The minimum Gasteiger partial charge on any atom is -0.368 e. The predicted octanol–water partition coefficient (Wildman–Crippen LogP) is 3.94. The van der Waals surface area contributed by atoms with E-state index in [1.54, 1.807) is 11.8 Å². The molecule has 0 radical (unpaired) electrons. The van der Waals surface area contributed by atoms with Gasteiger partial charge in [-0.3, -0.25) is 19.3 Å². The summed E-state index contributed by atoms with van der Waals surface area (Å²) in [7, 11) is 0. The molecule has 2 aliphatic heterocycles. The monoisotopic (exact) mass is 459 g/mol. The largest absolute Gasteiger partial charge is 0.368 e. The second kappa shape index (κ2) is 8.17. The van der Waals surface area contributed by atoms with E-state index in [1.807, 2.05) is 6.07 Å². The Labute approximate surface area is 191 Å². The smallest absolute Gasteiger partial charge is 0.262 e. The Morgan fingerprint density at radius 2 is 1.48 bits per heavy atom. The Morgan fingerprint density at radius 1 is 0.935 bits per heavy atom. The number of benzene rings is 2. The molecule has 0 N–H and O–H groups in total. The van der Waals surface area contributed by atoms with Gasteiger partial charge in [0.25, 0.3) is 11.8 Å². The normalized spacial score (nSPS) is 17.3. The molecule has 6 nitrogen and oxygen atoms in total. The fourth-order valence-electron chi connectivity index (χ4n) is 4.22. The number of fused-ring (bicyclic) bond motifs is 1. The first-order valence-corrected chi connectivity index (χ1v) is 10.9. The van der Waals surface area contributed by atoms with Crippen molar-refractivity contribution in [3.05, 3.63) is 62.6 Å². The molecule has 3 amide bonds. The van der Waals surface area contributed by atoms with Gasteiger partial charge in [-0.05, 0) is 50.1 Å². The molecule has 0 spiro atoms. The summed E-state index contributed by atoms with van der Waals surface area (Å²) in [6.45, 7) is 8.21. The van der Waals surface area contributed by atoms with E-state index in [9.17, 15) is 14.4 Å². The highest BCUT2D eigenvalue weighted by molar-refractivity contribution is 6.43. The molecule has 2 heterocycles. The van der Waals surface area contributed by atoms with Crippen LogP contribution in [0, 0.1) is 13.8 Å². The second-order valence-corrected chi connectivity index (χ2v) is 8.81. The van der Waals surface area contributed by atoms with Crippen LogP contribution in [-0.4, -0.2) is 59.7 Å². The number of hydrogen-bond donors (Lipinski definition) is 0. The van der Waals surface area contributed by atoms with Crippen LogP contribution in [0.1, 0.15) is 38.8 Å². The summed E-state index contributed by atoms with van der Waals surface area (Å²) < 4.78 is 0. The van der Waals surface area contributed by atoms with Crippen LogP contribution in [0.2, 0.25) is 10.0 Å². The third kappa shape index (κ3) is 3.68. The molecule has 1 unspecified atom stereocenters. The SMILES string of the molecule is Cc1cccc(N2CCN(C(=O)C(C)N3C(=O)c4cc(Cl)c(Cl)cc4C3=O)CC2)c1C. The van der Waals surface area contributed by atoms with E-state index in [2.05, 4.69) is 30.9 Å². The second-order valence-electron chi connectivity index (χ2n) is 8.00. The standard InChI is InChI=1S/C23H23Cl2N3O3/c1-13-5-4-6-20(14(13)2)26-7-9-27(10-8-26)21(29)15(3)28-22(30)16-11-18(24)19(25)12-17(16)23(28)31/h4-6,11-12,15H,7-10H2,1-3H3. The van der Waals surface area contributed by atoms with Gasteiger partial charge in [0.1, 0.15) is 6.04 Å². The molecular weight excluding hydrogens is 437 g/mol. The summed E-state index contributed by atoms with van der Waals surface area (Å²) in [5.41, 5.74) is 4.00. The number of imide groups is 1. The number of hydrogen-bond acceptors (Lipinski definition) is 4. The lowest BCUT2D eigenvalue weighted by Crippen LogP contribution is -2.55. The summed E-state index contributed by atoms with van der Waals surface area (Å²) in [4.78, 5) is 43.8. The van der Waals surface area contributed by atoms with Crippen molar-refractivity contribution in [1.82, 2.24) is 9.80 Å². The lowest BCUT2D eigenvalue weighted by atomic mass is 10.1. The number of halogens is 2. The van der Waals surface area contributed by atoms with Crippen LogP contribution in [-0.2, 0) is 4.79 Å². The molecule has 1 fully saturated rings. The molecule has 2 aromatic rings. The van der Waals surface area contributed by atoms with Gasteiger partial charge in [0.15, 0.2) is 0 Å². The Balaban J connectivity index is 1.47. The van der Waals surface area contributed by atoms with Crippen molar-refractivity contribution >= 4 is 46.6 Å². The van der Waals surface area contributed by atoms with Crippen LogP contribution in [0.15, 0.2) is 30.3 Å². The molecule has 0 aromatic heterocycles. The third-order valence-corrected chi connectivity index (χ3v) is 6.93. The first kappa shape index (κ1) is 21.7. The van der Waals surface area contributed by atoms with Gasteiger partial charge >= 0.3 is 0 Å². The fourth-order valence-corrected chi connectivity index (χ4v) is 4.55. The van der Waals surface area contributed by atoms with Crippen LogP contribution in [0.3, 0.4) is 0 Å². The molecule has 0 saturated carbocycles. The Hall–Kier alpha value is -2.57. The maximum Gasteiger partial charge on any atom is 0.262 e. The molecule has 2 aliphatic rings. The summed E-state index contributed by atoms with van der Waals surface area (Å²) in [5, 5.41) is 0.398. The van der Waals surface area contributed by atoms with Crippen LogP contribution in [0.25, 0.3) is 0 Å². The summed E-state index contributed by atoms with van der Waals surface area (Å²) in [6.07, 6.45) is 0. The number of piperazine rings is 1. The molecule has 8 heteroatoms. The molecule has 0 bridgehead atoms. The van der Waals surface area contributed by atoms with Crippen molar-refractivity contribution < 1.29 is 14.4 Å². The lowest BCUT2D eigenvalue weighted by Gasteiger charge is -2.38. The van der Waals surface area contributed by atoms with E-state index in [0.29, 0.717) is 26.2 Å². The highest BCUT2D eigenvalue weighted by Gasteiger charge is 2.42. The maximum atomic E-state index is 13.1. The van der Waals surface area contributed by atoms with Crippen LogP contribution in [0.5, 0.6) is 0 Å². The number of carbonyl (C=O) groups is 3. The Kier molecular flexibility index (Phi) is 5.71. The van der Waals surface area contributed by atoms with E-state index in [0.717, 1.165) is 4.90 Å². The highest BCUT2D eigenvalue weighted by Crippen LogP contribution is 2.33. The molecule has 31 heavy (non-hydrogen) atoms. The summed E-state index contributed by atoms with van der Waals surface area (Å²) >= 11 is 12.0. The van der Waals surface area contributed by atoms with Gasteiger partial charge in [-0.1, -0.05) is 35.3 Å². The van der Waals surface area contributed by atoms with Crippen LogP contribution in [0.4, 0.5) is 5.69 Å². The molecule has 4 rings (SSSR count). The van der Waals surface area contributed by atoms with Crippen molar-refractivity contribution in [2.45, 2.75) is 26.8 Å². The van der Waals surface area contributed by atoms with E-state index < -0.39 is 17.9 Å². The van der Waals surface area contributed by atoms with Gasteiger partial charge in [-0.25, -0.2) is 0 Å². The van der Waals surface area contributed by atoms with Gasteiger partial charge < -0.3 is 9.80 Å². The van der Waals surface area contributed by atoms with Crippen LogP contribution < -0.4 is 4.90 Å². The highest BCUT2D eigenvalue weighted by atomic mass is 35.5. The van der Waals surface area contributed by atoms with Gasteiger partial charge in [0.05, 0.1) is 21.2 Å². The van der Waals surface area contributed by atoms with Gasteiger partial charge in [0, 0.05) is 31.9 Å². The lowest BCUT2D eigenvalue weighted by molar-refractivity contribution is -0.135. The average Bonchev–Trinajstić information content (AvgIpc) is 2.99. The number of nitrogens with zero attached hydrogens (tertiary/aromatic N) is 3. The zero-order chi connectivity index (χ0) is 22.4. The zero-order valence-electron chi connectivity index (χ0n) is 17.6. The van der Waals surface area contributed by atoms with E-state index >= 15 is 0 Å². The van der Waals surface area contributed by atoms with Crippen molar-refractivity contribution in [3.63, 3.8) is 0 Å². The number of amides is 3. The van der Waals surface area contributed by atoms with Gasteiger partial charge in [-0.2, -0.15) is 0 Å². The topological polar surface area (TPSA) is 60.9 Å². The van der Waals surface area contributed by atoms with Crippen molar-refractivity contribution in [3.8, 4) is 0 Å². The maximum absolute atomic E-state index is 13.1. The minimum absolute atomic E-state index is 0.179. The fraction of sp³-hybridized carbons (Fsp3) is 0.348. The molecular formula is C23H23Cl2N3O3. The van der Waals surface area contributed by atoms with Gasteiger partial charge in [0.2, 0.25) is 5.91 Å². The number of aryl methyl sites for hydroxylation is 1. The Morgan fingerprint density at radius 3 is 2.03 bits per heavy atom. The number of carbonyl (C=O) groups excluding carboxylic acids is 3. The number of anilines is 1. The quantitative estimate of drug-likeness (QED) is 0.652. The van der Waals surface area contributed by atoms with Crippen molar-refractivity contribution in [2.24, 2.45) is 0 Å². The summed E-state index contributed by atoms with van der Waals surface area (Å²) in [5.74, 6) is -1.28. The van der Waals surface area contributed by atoms with E-state index in [4.69, 9.17) is 23.2 Å². The molecule has 1 atom stereocenters. The average molecular weight is 460 g/mol.